The van der Waals surface area contributed by atoms with Crippen LogP contribution in [0.4, 0.5) is 5.13 Å². The fourth-order valence-corrected chi connectivity index (χ4v) is 2.91. The molecule has 0 bridgehead atoms. The summed E-state index contributed by atoms with van der Waals surface area (Å²) in [6.45, 7) is 0. The molecule has 11 nitrogen and oxygen atoms in total. The van der Waals surface area contributed by atoms with Gasteiger partial charge < -0.3 is 31.0 Å². The van der Waals surface area contributed by atoms with Gasteiger partial charge in [0.15, 0.2) is 5.13 Å². The molecule has 0 fully saturated rings. The number of nitrogen functional groups attached to an aromatic ring is 1. The number of amides is 1. The minimum Gasteiger partial charge on any atom is -0.534 e. The number of hydrogen-bond donors (Lipinski definition) is 5. The smallest absolute Gasteiger partial charge is 0.534 e. The van der Waals surface area contributed by atoms with Gasteiger partial charge in [0.25, 0.3) is 5.91 Å². The van der Waals surface area contributed by atoms with Gasteiger partial charge in [-0.15, -0.1) is 0 Å². The highest BCUT2D eigenvalue weighted by Gasteiger charge is 2.38. The predicted molar refractivity (Wildman–Crippen MR) is 90.3 cm³/mol. The number of benzene rings is 1. The summed E-state index contributed by atoms with van der Waals surface area (Å²) in [6, 6.07) is 4.50. The summed E-state index contributed by atoms with van der Waals surface area (Å²) >= 11 is 0.822. The highest BCUT2D eigenvalue weighted by molar-refractivity contribution is 7.09. The van der Waals surface area contributed by atoms with Crippen LogP contribution in [0.25, 0.3) is 0 Å². The van der Waals surface area contributed by atoms with Gasteiger partial charge in [-0.3, -0.25) is 4.79 Å². The normalized spacial score (nSPS) is 16.6. The predicted octanol–water partition coefficient (Wildman–Crippen LogP) is -0.864. The molecule has 1 amide bonds. The van der Waals surface area contributed by atoms with Gasteiger partial charge >= 0.3 is 13.1 Å². The zero-order valence-corrected chi connectivity index (χ0v) is 13.8. The van der Waals surface area contributed by atoms with Crippen molar-refractivity contribution < 1.29 is 29.6 Å². The van der Waals surface area contributed by atoms with Crippen molar-refractivity contribution in [2.24, 2.45) is 5.16 Å². The summed E-state index contributed by atoms with van der Waals surface area (Å²) in [6.07, 6.45) is 0.106. The van der Waals surface area contributed by atoms with Crippen molar-refractivity contribution in [1.29, 1.82) is 0 Å². The van der Waals surface area contributed by atoms with Crippen LogP contribution in [0, 0.1) is 0 Å². The number of carbonyl (C=O) groups is 2. The van der Waals surface area contributed by atoms with Gasteiger partial charge in [0, 0.05) is 11.5 Å². The van der Waals surface area contributed by atoms with E-state index in [0.717, 1.165) is 11.5 Å². The number of carbonyl (C=O) groups excluding carboxylic acids is 1. The van der Waals surface area contributed by atoms with Crippen LogP contribution in [-0.4, -0.2) is 55.3 Å². The van der Waals surface area contributed by atoms with Crippen LogP contribution in [0.2, 0.25) is 0 Å². The molecule has 0 spiro atoms. The second kappa shape index (κ2) is 6.97. The van der Waals surface area contributed by atoms with Gasteiger partial charge in [-0.05, 0) is 18.1 Å². The van der Waals surface area contributed by atoms with Crippen LogP contribution in [0.1, 0.15) is 21.7 Å². The van der Waals surface area contributed by atoms with E-state index in [0.29, 0.717) is 5.56 Å². The highest BCUT2D eigenvalue weighted by Crippen LogP contribution is 2.30. The number of carboxylic acid groups (broad SMARTS) is 1. The molecule has 1 aliphatic rings. The number of oxime groups is 1. The summed E-state index contributed by atoms with van der Waals surface area (Å²) in [7, 11) is -1.50. The van der Waals surface area contributed by atoms with Gasteiger partial charge in [0.1, 0.15) is 5.75 Å². The zero-order valence-electron chi connectivity index (χ0n) is 13.0. The number of nitrogens with zero attached hydrogens (tertiary/aromatic N) is 3. The monoisotopic (exact) mass is 377 g/mol. The molecular formula is C13H12BN5O6S. The number of para-hydroxylation sites is 1. The first-order valence-corrected chi connectivity index (χ1v) is 8.00. The quantitative estimate of drug-likeness (QED) is 0.196. The Morgan fingerprint density at radius 1 is 1.46 bits per heavy atom. The summed E-state index contributed by atoms with van der Waals surface area (Å²) in [5, 5.41) is 33.8. The van der Waals surface area contributed by atoms with E-state index in [1.807, 2.05) is 0 Å². The minimum atomic E-state index is -1.50. The molecule has 0 saturated carbocycles. The van der Waals surface area contributed by atoms with Crippen molar-refractivity contribution in [2.75, 3.05) is 5.73 Å². The van der Waals surface area contributed by atoms with Crippen molar-refractivity contribution in [1.82, 2.24) is 14.7 Å². The SMILES string of the molecule is Nc1nc(C(=NO)C(=O)NC2Cc3cccc(C(=O)O)c3OB2O)ns1. The van der Waals surface area contributed by atoms with E-state index < -0.39 is 30.6 Å². The molecule has 1 atom stereocenters. The summed E-state index contributed by atoms with van der Waals surface area (Å²) in [5.74, 6) is -3.07. The average molecular weight is 377 g/mol. The van der Waals surface area contributed by atoms with Gasteiger partial charge in [-0.2, -0.15) is 9.36 Å². The molecule has 26 heavy (non-hydrogen) atoms. The van der Waals surface area contributed by atoms with Crippen molar-refractivity contribution in [3.05, 3.63) is 35.2 Å². The van der Waals surface area contributed by atoms with Crippen LogP contribution in [0.3, 0.4) is 0 Å². The Kier molecular flexibility index (Phi) is 4.73. The molecule has 13 heteroatoms. The minimum absolute atomic E-state index is 0.0444. The van der Waals surface area contributed by atoms with Crippen molar-refractivity contribution in [2.45, 2.75) is 12.4 Å². The number of aromatic nitrogens is 2. The largest absolute Gasteiger partial charge is 0.547 e. The summed E-state index contributed by atoms with van der Waals surface area (Å²) in [4.78, 5) is 27.3. The fraction of sp³-hybridized carbons (Fsp3) is 0.154. The Hall–Kier alpha value is -3.19. The Morgan fingerprint density at radius 2 is 2.23 bits per heavy atom. The highest BCUT2D eigenvalue weighted by atomic mass is 32.1. The average Bonchev–Trinajstić information content (AvgIpc) is 3.01. The Morgan fingerprint density at radius 3 is 2.85 bits per heavy atom. The van der Waals surface area contributed by atoms with Crippen LogP contribution in [-0.2, 0) is 11.2 Å². The number of nitrogens with two attached hydrogens (primary N) is 1. The van der Waals surface area contributed by atoms with Crippen LogP contribution >= 0.6 is 11.5 Å². The Labute approximate surface area is 150 Å². The molecule has 2 aromatic rings. The maximum Gasteiger partial charge on any atom is 0.547 e. The van der Waals surface area contributed by atoms with Crippen molar-refractivity contribution >= 4 is 41.4 Å². The van der Waals surface area contributed by atoms with Gasteiger partial charge in [-0.25, -0.2) is 4.79 Å². The second-order valence-corrected chi connectivity index (χ2v) is 6.08. The lowest BCUT2D eigenvalue weighted by Gasteiger charge is -2.28. The molecule has 1 aromatic carbocycles. The zero-order chi connectivity index (χ0) is 18.8. The van der Waals surface area contributed by atoms with E-state index in [9.17, 15) is 19.7 Å². The first-order chi connectivity index (χ1) is 12.4. The number of fused-ring (bicyclic) bond motifs is 1. The molecule has 134 valence electrons. The third-order valence-corrected chi connectivity index (χ3v) is 4.18. The summed E-state index contributed by atoms with van der Waals surface area (Å²) < 4.78 is 9.05. The molecule has 0 saturated heterocycles. The molecule has 3 rings (SSSR count). The van der Waals surface area contributed by atoms with E-state index >= 15 is 0 Å². The maximum absolute atomic E-state index is 12.3. The first kappa shape index (κ1) is 17.6. The third-order valence-electron chi connectivity index (χ3n) is 3.63. The van der Waals surface area contributed by atoms with Crippen LogP contribution < -0.4 is 15.7 Å². The van der Waals surface area contributed by atoms with Gasteiger partial charge in [-0.1, -0.05) is 17.3 Å². The lowest BCUT2D eigenvalue weighted by Crippen LogP contribution is -2.54. The van der Waals surface area contributed by atoms with E-state index in [-0.39, 0.29) is 28.7 Å². The van der Waals surface area contributed by atoms with Crippen molar-refractivity contribution in [3.63, 3.8) is 0 Å². The number of nitrogens with one attached hydrogen (secondary N) is 1. The van der Waals surface area contributed by atoms with Crippen molar-refractivity contribution in [3.8, 4) is 5.75 Å². The third kappa shape index (κ3) is 3.29. The number of hydrogen-bond acceptors (Lipinski definition) is 10. The number of carboxylic acids is 1. The molecule has 1 aromatic heterocycles. The van der Waals surface area contributed by atoms with E-state index in [4.69, 9.17) is 15.6 Å². The van der Waals surface area contributed by atoms with E-state index in [1.165, 1.54) is 12.1 Å². The molecule has 2 heterocycles. The van der Waals surface area contributed by atoms with Crippen LogP contribution in [0.15, 0.2) is 23.4 Å². The lowest BCUT2D eigenvalue weighted by atomic mass is 9.72. The Bertz CT molecular complexity index is 903. The molecule has 1 unspecified atom stereocenters. The van der Waals surface area contributed by atoms with E-state index in [1.54, 1.807) is 6.07 Å². The molecule has 6 N–H and O–H groups in total. The lowest BCUT2D eigenvalue weighted by molar-refractivity contribution is -0.115. The second-order valence-electron chi connectivity index (χ2n) is 5.30. The summed E-state index contributed by atoms with van der Waals surface area (Å²) in [5.41, 5.74) is 5.37. The molecule has 0 aliphatic carbocycles. The topological polar surface area (TPSA) is 180 Å². The molecule has 1 aliphatic heterocycles. The van der Waals surface area contributed by atoms with E-state index in [2.05, 4.69) is 19.8 Å². The number of rotatable bonds is 4. The van der Waals surface area contributed by atoms with Crippen LogP contribution in [0.5, 0.6) is 5.75 Å². The molecule has 0 radical (unpaired) electrons. The number of anilines is 1. The first-order valence-electron chi connectivity index (χ1n) is 7.23. The van der Waals surface area contributed by atoms with Gasteiger partial charge in [0.2, 0.25) is 11.5 Å². The standard InChI is InChI=1S/C13H12BN5O6S/c15-13-17-10(19-26-13)8(18-24)11(20)16-7-4-5-2-1-3-6(12(21)22)9(5)25-14(7)23/h1-3,7,23-24H,4H2,(H,16,20)(H,21,22)(H2,15,17,19). The molecular weight excluding hydrogens is 365 g/mol. The maximum atomic E-state index is 12.3. The number of aromatic carboxylic acids is 1. The van der Waals surface area contributed by atoms with Gasteiger partial charge in [0.05, 0.1) is 11.5 Å². The Balaban J connectivity index is 1.80. The fourth-order valence-electron chi connectivity index (χ4n) is 2.48.